The summed E-state index contributed by atoms with van der Waals surface area (Å²) in [5.74, 6) is 0.998. The second kappa shape index (κ2) is 9.57. The molecule has 2 aromatic carbocycles. The van der Waals surface area contributed by atoms with E-state index in [9.17, 15) is 14.9 Å². The van der Waals surface area contributed by atoms with Crippen LogP contribution in [0.2, 0.25) is 5.02 Å². The van der Waals surface area contributed by atoms with E-state index in [2.05, 4.69) is 10.5 Å². The molecule has 1 heterocycles. The van der Waals surface area contributed by atoms with E-state index in [1.807, 2.05) is 0 Å². The van der Waals surface area contributed by atoms with Crippen LogP contribution in [0.1, 0.15) is 5.76 Å². The highest BCUT2D eigenvalue weighted by Crippen LogP contribution is 2.34. The zero-order chi connectivity index (χ0) is 21.5. The number of benzene rings is 2. The third-order valence-electron chi connectivity index (χ3n) is 3.86. The molecule has 10 heteroatoms. The molecule has 3 rings (SSSR count). The Kier molecular flexibility index (Phi) is 6.66. The number of rotatable bonds is 8. The first-order valence-electron chi connectivity index (χ1n) is 8.60. The summed E-state index contributed by atoms with van der Waals surface area (Å²) in [4.78, 5) is 22.3. The molecule has 0 saturated heterocycles. The van der Waals surface area contributed by atoms with Gasteiger partial charge in [0.05, 0.1) is 28.8 Å². The van der Waals surface area contributed by atoms with Crippen LogP contribution in [0, 0.1) is 10.1 Å². The number of para-hydroxylation sites is 1. The van der Waals surface area contributed by atoms with E-state index in [4.69, 9.17) is 25.5 Å². The Labute approximate surface area is 176 Å². The van der Waals surface area contributed by atoms with Gasteiger partial charge in [0, 0.05) is 12.1 Å². The van der Waals surface area contributed by atoms with Gasteiger partial charge in [-0.3, -0.25) is 14.9 Å². The van der Waals surface area contributed by atoms with E-state index in [1.54, 1.807) is 36.4 Å². The Morgan fingerprint density at radius 3 is 2.77 bits per heavy atom. The van der Waals surface area contributed by atoms with Gasteiger partial charge in [-0.2, -0.15) is 5.10 Å². The summed E-state index contributed by atoms with van der Waals surface area (Å²) in [6, 6.07) is 14.2. The van der Waals surface area contributed by atoms with Crippen LogP contribution in [-0.4, -0.2) is 30.8 Å². The number of furan rings is 1. The number of hydrogen-bond donors (Lipinski definition) is 1. The molecular weight excluding hydrogens is 414 g/mol. The fraction of sp³-hybridized carbons (Fsp3) is 0.100. The molecule has 0 bridgehead atoms. The number of halogens is 1. The van der Waals surface area contributed by atoms with Crippen molar-refractivity contribution in [3.05, 3.63) is 75.5 Å². The molecule has 0 radical (unpaired) electrons. The maximum Gasteiger partial charge on any atom is 0.277 e. The van der Waals surface area contributed by atoms with Crippen LogP contribution in [-0.2, 0) is 4.79 Å². The first-order chi connectivity index (χ1) is 14.5. The van der Waals surface area contributed by atoms with Gasteiger partial charge in [0.1, 0.15) is 23.0 Å². The Bertz CT molecular complexity index is 1100. The standard InChI is InChI=1S/C20H16ClN3O6/c1-28-17-8-6-13(24(26)27)10-15(17)18-9-7-14(30-18)11-22-23-20(25)12-29-19-5-3-2-4-16(19)21/h2-11H,12H2,1H3,(H,23,25)/b22-11-. The highest BCUT2D eigenvalue weighted by atomic mass is 35.5. The Morgan fingerprint density at radius 2 is 2.03 bits per heavy atom. The summed E-state index contributed by atoms with van der Waals surface area (Å²) < 4.78 is 16.2. The van der Waals surface area contributed by atoms with Crippen LogP contribution in [0.15, 0.2) is 64.1 Å². The van der Waals surface area contributed by atoms with Crippen molar-refractivity contribution in [3.8, 4) is 22.8 Å². The quantitative estimate of drug-likeness (QED) is 0.328. The molecule has 0 spiro atoms. The minimum Gasteiger partial charge on any atom is -0.496 e. The molecule has 0 aliphatic carbocycles. The molecule has 0 unspecified atom stereocenters. The van der Waals surface area contributed by atoms with Crippen molar-refractivity contribution in [2.24, 2.45) is 5.10 Å². The van der Waals surface area contributed by atoms with Gasteiger partial charge in [0.2, 0.25) is 0 Å². The highest BCUT2D eigenvalue weighted by Gasteiger charge is 2.15. The van der Waals surface area contributed by atoms with Crippen molar-refractivity contribution >= 4 is 29.4 Å². The maximum absolute atomic E-state index is 11.8. The summed E-state index contributed by atoms with van der Waals surface area (Å²) in [7, 11) is 1.45. The van der Waals surface area contributed by atoms with Crippen molar-refractivity contribution in [3.63, 3.8) is 0 Å². The number of nitrogens with zero attached hydrogens (tertiary/aromatic N) is 2. The van der Waals surface area contributed by atoms with Crippen molar-refractivity contribution in [1.82, 2.24) is 5.43 Å². The number of hydrogen-bond acceptors (Lipinski definition) is 7. The Morgan fingerprint density at radius 1 is 1.23 bits per heavy atom. The van der Waals surface area contributed by atoms with E-state index >= 15 is 0 Å². The highest BCUT2D eigenvalue weighted by molar-refractivity contribution is 6.32. The van der Waals surface area contributed by atoms with E-state index in [-0.39, 0.29) is 12.3 Å². The summed E-state index contributed by atoms with van der Waals surface area (Å²) >= 11 is 5.95. The van der Waals surface area contributed by atoms with Gasteiger partial charge in [-0.05, 0) is 30.3 Å². The zero-order valence-electron chi connectivity index (χ0n) is 15.7. The number of carbonyl (C=O) groups excluding carboxylic acids is 1. The average Bonchev–Trinajstić information content (AvgIpc) is 3.21. The van der Waals surface area contributed by atoms with Crippen molar-refractivity contribution in [2.45, 2.75) is 0 Å². The van der Waals surface area contributed by atoms with E-state index < -0.39 is 10.8 Å². The summed E-state index contributed by atoms with van der Waals surface area (Å²) in [5, 5.41) is 15.2. The predicted molar refractivity (Wildman–Crippen MR) is 110 cm³/mol. The van der Waals surface area contributed by atoms with Gasteiger partial charge in [-0.15, -0.1) is 0 Å². The molecule has 0 fully saturated rings. The van der Waals surface area contributed by atoms with Gasteiger partial charge >= 0.3 is 0 Å². The van der Waals surface area contributed by atoms with Crippen molar-refractivity contribution in [2.75, 3.05) is 13.7 Å². The first-order valence-corrected chi connectivity index (χ1v) is 8.97. The first kappa shape index (κ1) is 20.9. The lowest BCUT2D eigenvalue weighted by molar-refractivity contribution is -0.384. The maximum atomic E-state index is 11.8. The van der Waals surface area contributed by atoms with Gasteiger partial charge < -0.3 is 13.9 Å². The van der Waals surface area contributed by atoms with Crippen molar-refractivity contribution in [1.29, 1.82) is 0 Å². The summed E-state index contributed by atoms with van der Waals surface area (Å²) in [5.41, 5.74) is 2.63. The molecule has 0 saturated carbocycles. The topological polar surface area (TPSA) is 116 Å². The number of non-ortho nitro benzene ring substituents is 1. The van der Waals surface area contributed by atoms with Crippen LogP contribution < -0.4 is 14.9 Å². The van der Waals surface area contributed by atoms with E-state index in [0.717, 1.165) is 0 Å². The van der Waals surface area contributed by atoms with E-state index in [0.29, 0.717) is 33.6 Å². The molecule has 0 aliphatic rings. The normalized spacial score (nSPS) is 10.7. The number of nitro groups is 1. The lowest BCUT2D eigenvalue weighted by atomic mass is 10.1. The molecular formula is C20H16ClN3O6. The Balaban J connectivity index is 1.62. The SMILES string of the molecule is COc1ccc([N+](=O)[O-])cc1-c1ccc(/C=N\NC(=O)COc2ccccc2Cl)o1. The molecule has 1 aromatic heterocycles. The Hall–Kier alpha value is -3.85. The number of hydrazone groups is 1. The minimum atomic E-state index is -0.505. The molecule has 30 heavy (non-hydrogen) atoms. The molecule has 154 valence electrons. The third kappa shape index (κ3) is 5.15. The monoisotopic (exact) mass is 429 g/mol. The predicted octanol–water partition coefficient (Wildman–Crippen LogP) is 4.05. The molecule has 0 aliphatic heterocycles. The van der Waals surface area contributed by atoms with Gasteiger partial charge in [-0.1, -0.05) is 23.7 Å². The number of carbonyl (C=O) groups is 1. The molecule has 0 atom stereocenters. The van der Waals surface area contributed by atoms with E-state index in [1.165, 1.54) is 31.5 Å². The average molecular weight is 430 g/mol. The molecule has 9 nitrogen and oxygen atoms in total. The number of amides is 1. The van der Waals surface area contributed by atoms with Gasteiger partial charge in [-0.25, -0.2) is 5.43 Å². The smallest absolute Gasteiger partial charge is 0.277 e. The fourth-order valence-electron chi connectivity index (χ4n) is 2.47. The van der Waals surface area contributed by atoms with Crippen LogP contribution in [0.25, 0.3) is 11.3 Å². The zero-order valence-corrected chi connectivity index (χ0v) is 16.5. The lowest BCUT2D eigenvalue weighted by Crippen LogP contribution is -2.24. The second-order valence-electron chi connectivity index (χ2n) is 5.86. The summed E-state index contributed by atoms with van der Waals surface area (Å²) in [6.45, 7) is -0.268. The number of methoxy groups -OCH3 is 1. The van der Waals surface area contributed by atoms with Crippen LogP contribution in [0.3, 0.4) is 0 Å². The number of nitro benzene ring substituents is 1. The van der Waals surface area contributed by atoms with Crippen molar-refractivity contribution < 1.29 is 23.6 Å². The van der Waals surface area contributed by atoms with Crippen LogP contribution in [0.4, 0.5) is 5.69 Å². The van der Waals surface area contributed by atoms with Crippen LogP contribution >= 0.6 is 11.6 Å². The number of ether oxygens (including phenoxy) is 2. The minimum absolute atomic E-state index is 0.0943. The molecule has 1 N–H and O–H groups in total. The fourth-order valence-corrected chi connectivity index (χ4v) is 2.66. The lowest BCUT2D eigenvalue weighted by Gasteiger charge is -2.06. The molecule has 1 amide bonds. The van der Waals surface area contributed by atoms with Crippen LogP contribution in [0.5, 0.6) is 11.5 Å². The third-order valence-corrected chi connectivity index (χ3v) is 4.17. The van der Waals surface area contributed by atoms with Gasteiger partial charge in [0.15, 0.2) is 6.61 Å². The largest absolute Gasteiger partial charge is 0.496 e. The second-order valence-corrected chi connectivity index (χ2v) is 6.26. The molecule has 3 aromatic rings. The summed E-state index contributed by atoms with van der Waals surface area (Å²) in [6.07, 6.45) is 1.29. The van der Waals surface area contributed by atoms with Gasteiger partial charge in [0.25, 0.3) is 11.6 Å². The number of nitrogens with one attached hydrogen (secondary N) is 1.